The Morgan fingerprint density at radius 2 is 1.75 bits per heavy atom. The molecule has 1 aromatic heterocycles. The third-order valence-electron chi connectivity index (χ3n) is 5.44. The lowest BCUT2D eigenvalue weighted by molar-refractivity contribution is 0.0503. The van der Waals surface area contributed by atoms with Gasteiger partial charge in [0.2, 0.25) is 0 Å². The zero-order valence-corrected chi connectivity index (χ0v) is 15.9. The Morgan fingerprint density at radius 1 is 1.04 bits per heavy atom. The van der Waals surface area contributed by atoms with Gasteiger partial charge in [-0.05, 0) is 48.1 Å². The molecule has 1 saturated heterocycles. The largest absolute Gasteiger partial charge is 0.394 e. The number of carbonyl (C=O) groups excluding carboxylic acids is 1. The lowest BCUT2D eigenvalue weighted by Crippen LogP contribution is -2.45. The summed E-state index contributed by atoms with van der Waals surface area (Å²) in [6.07, 6.45) is 8.51. The van der Waals surface area contributed by atoms with Crippen LogP contribution in [0.5, 0.6) is 0 Å². The molecule has 0 unspecified atom stereocenters. The number of rotatable bonds is 5. The van der Waals surface area contributed by atoms with E-state index in [-0.39, 0.29) is 18.6 Å². The number of benzene rings is 2. The van der Waals surface area contributed by atoms with E-state index in [0.29, 0.717) is 5.56 Å². The summed E-state index contributed by atoms with van der Waals surface area (Å²) in [6, 6.07) is 16.2. The Bertz CT molecular complexity index is 902. The fraction of sp³-hybridized carbons (Fsp3) is 0.304. The predicted octanol–water partition coefficient (Wildman–Crippen LogP) is 3.59. The fourth-order valence-electron chi connectivity index (χ4n) is 3.82. The number of nitrogens with zero attached hydrogens (tertiary/aromatic N) is 3. The smallest absolute Gasteiger partial charge is 0.254 e. The second-order valence-electron chi connectivity index (χ2n) is 7.34. The number of amides is 1. The molecule has 1 aliphatic heterocycles. The highest BCUT2D eigenvalue weighted by Crippen LogP contribution is 2.23. The van der Waals surface area contributed by atoms with Gasteiger partial charge < -0.3 is 14.6 Å². The second-order valence-corrected chi connectivity index (χ2v) is 7.34. The van der Waals surface area contributed by atoms with Crippen LogP contribution in [0.15, 0.2) is 67.3 Å². The van der Waals surface area contributed by atoms with Gasteiger partial charge in [-0.25, -0.2) is 4.98 Å². The molecule has 144 valence electrons. The van der Waals surface area contributed by atoms with Gasteiger partial charge in [-0.15, -0.1) is 0 Å². The van der Waals surface area contributed by atoms with E-state index in [0.717, 1.165) is 43.5 Å². The number of piperidine rings is 1. The second kappa shape index (κ2) is 8.40. The summed E-state index contributed by atoms with van der Waals surface area (Å²) >= 11 is 0. The molecular formula is C23H25N3O2. The number of aromatic nitrogens is 2. The van der Waals surface area contributed by atoms with Crippen molar-refractivity contribution in [2.75, 3.05) is 13.2 Å². The molecule has 5 heteroatoms. The van der Waals surface area contributed by atoms with Gasteiger partial charge in [0.1, 0.15) is 0 Å². The summed E-state index contributed by atoms with van der Waals surface area (Å²) in [5, 5.41) is 9.55. The maximum atomic E-state index is 12.8. The van der Waals surface area contributed by atoms with Crippen LogP contribution in [0.3, 0.4) is 0 Å². The Morgan fingerprint density at radius 3 is 2.39 bits per heavy atom. The zero-order valence-electron chi connectivity index (χ0n) is 15.9. The van der Waals surface area contributed by atoms with Crippen LogP contribution in [-0.4, -0.2) is 44.7 Å². The number of imidazole rings is 1. The van der Waals surface area contributed by atoms with Crippen LogP contribution in [-0.2, 0) is 6.54 Å². The maximum absolute atomic E-state index is 12.8. The first-order valence-corrected chi connectivity index (χ1v) is 9.81. The van der Waals surface area contributed by atoms with Gasteiger partial charge in [0.25, 0.3) is 5.91 Å². The molecule has 0 aliphatic carbocycles. The molecule has 0 saturated carbocycles. The van der Waals surface area contributed by atoms with Gasteiger partial charge in [-0.1, -0.05) is 36.4 Å². The first kappa shape index (κ1) is 18.4. The number of hydrogen-bond acceptors (Lipinski definition) is 3. The van der Waals surface area contributed by atoms with Crippen molar-refractivity contribution in [3.63, 3.8) is 0 Å². The van der Waals surface area contributed by atoms with E-state index in [9.17, 15) is 9.90 Å². The highest BCUT2D eigenvalue weighted by molar-refractivity contribution is 5.95. The molecule has 5 nitrogen and oxygen atoms in total. The van der Waals surface area contributed by atoms with Crippen LogP contribution < -0.4 is 0 Å². The normalized spacial score (nSPS) is 16.9. The van der Waals surface area contributed by atoms with Gasteiger partial charge in [0, 0.05) is 31.0 Å². The highest BCUT2D eigenvalue weighted by atomic mass is 16.3. The van der Waals surface area contributed by atoms with Gasteiger partial charge in [0.05, 0.1) is 19.0 Å². The minimum atomic E-state index is -0.0519. The summed E-state index contributed by atoms with van der Waals surface area (Å²) in [5.74, 6) is 0.0148. The molecule has 28 heavy (non-hydrogen) atoms. The van der Waals surface area contributed by atoms with Crippen molar-refractivity contribution in [3.05, 3.63) is 78.4 Å². The highest BCUT2D eigenvalue weighted by Gasteiger charge is 2.26. The van der Waals surface area contributed by atoms with E-state index >= 15 is 0 Å². The minimum Gasteiger partial charge on any atom is -0.394 e. The van der Waals surface area contributed by atoms with E-state index in [1.54, 1.807) is 6.20 Å². The first-order valence-electron chi connectivity index (χ1n) is 9.81. The van der Waals surface area contributed by atoms with Gasteiger partial charge in [-0.2, -0.15) is 0 Å². The summed E-state index contributed by atoms with van der Waals surface area (Å²) in [4.78, 5) is 18.7. The van der Waals surface area contributed by atoms with Crippen LogP contribution in [0.25, 0.3) is 11.1 Å². The summed E-state index contributed by atoms with van der Waals surface area (Å²) in [7, 11) is 0. The third-order valence-corrected chi connectivity index (χ3v) is 5.44. The van der Waals surface area contributed by atoms with E-state index in [1.807, 2.05) is 46.3 Å². The monoisotopic (exact) mass is 375 g/mol. The summed E-state index contributed by atoms with van der Waals surface area (Å²) in [5.41, 5.74) is 4.11. The molecule has 0 bridgehead atoms. The number of likely N-dealkylation sites (tertiary alicyclic amines) is 1. The van der Waals surface area contributed by atoms with Crippen LogP contribution in [0.4, 0.5) is 0 Å². The van der Waals surface area contributed by atoms with E-state index in [2.05, 4.69) is 29.2 Å². The van der Waals surface area contributed by atoms with Crippen LogP contribution >= 0.6 is 0 Å². The van der Waals surface area contributed by atoms with Crippen molar-refractivity contribution in [2.45, 2.75) is 31.8 Å². The SMILES string of the molecule is O=C(c1ccc(-c2ccc(Cn3ccnc3)cc2)cc1)N1CCCC[C@H]1CO. The van der Waals surface area contributed by atoms with Crippen LogP contribution in [0.2, 0.25) is 0 Å². The molecule has 3 aromatic rings. The lowest BCUT2D eigenvalue weighted by atomic mass is 9.99. The standard InChI is InChI=1S/C23H25N3O2/c27-16-22-3-1-2-13-26(22)23(28)21-10-8-20(9-11-21)19-6-4-18(5-7-19)15-25-14-12-24-17-25/h4-12,14,17,22,27H,1-3,13,15-16H2/t22-/m0/s1. The number of carbonyl (C=O) groups is 1. The molecule has 1 fully saturated rings. The Balaban J connectivity index is 1.46. The van der Waals surface area contributed by atoms with Crippen LogP contribution in [0.1, 0.15) is 35.2 Å². The number of aliphatic hydroxyl groups is 1. The predicted molar refractivity (Wildman–Crippen MR) is 109 cm³/mol. The molecule has 2 aromatic carbocycles. The molecule has 2 heterocycles. The third kappa shape index (κ3) is 3.99. The van der Waals surface area contributed by atoms with Gasteiger partial charge in [0.15, 0.2) is 0 Å². The molecule has 0 spiro atoms. The molecule has 4 rings (SSSR count). The van der Waals surface area contributed by atoms with E-state index < -0.39 is 0 Å². The quantitative estimate of drug-likeness (QED) is 0.741. The Kier molecular flexibility index (Phi) is 5.53. The maximum Gasteiger partial charge on any atom is 0.254 e. The van der Waals surface area contributed by atoms with Gasteiger partial charge >= 0.3 is 0 Å². The number of aliphatic hydroxyl groups excluding tert-OH is 1. The van der Waals surface area contributed by atoms with Crippen molar-refractivity contribution in [1.29, 1.82) is 0 Å². The molecular weight excluding hydrogens is 350 g/mol. The van der Waals surface area contributed by atoms with Crippen molar-refractivity contribution in [3.8, 4) is 11.1 Å². The van der Waals surface area contributed by atoms with E-state index in [4.69, 9.17) is 0 Å². The Labute approximate surface area is 165 Å². The summed E-state index contributed by atoms with van der Waals surface area (Å²) < 4.78 is 2.04. The average Bonchev–Trinajstić information content (AvgIpc) is 3.27. The van der Waals surface area contributed by atoms with E-state index in [1.165, 1.54) is 5.56 Å². The fourth-order valence-corrected chi connectivity index (χ4v) is 3.82. The summed E-state index contributed by atoms with van der Waals surface area (Å²) in [6.45, 7) is 1.56. The molecule has 1 atom stereocenters. The Hall–Kier alpha value is -2.92. The van der Waals surface area contributed by atoms with Gasteiger partial charge in [-0.3, -0.25) is 4.79 Å². The van der Waals surface area contributed by atoms with Crippen LogP contribution in [0, 0.1) is 0 Å². The van der Waals surface area contributed by atoms with Crippen molar-refractivity contribution < 1.29 is 9.90 Å². The van der Waals surface area contributed by atoms with Crippen molar-refractivity contribution in [2.24, 2.45) is 0 Å². The molecule has 1 aliphatic rings. The lowest BCUT2D eigenvalue weighted by Gasteiger charge is -2.34. The topological polar surface area (TPSA) is 58.4 Å². The first-order chi connectivity index (χ1) is 13.7. The molecule has 1 amide bonds. The molecule has 0 radical (unpaired) electrons. The minimum absolute atomic E-state index is 0.0148. The average molecular weight is 375 g/mol. The molecule has 1 N–H and O–H groups in total. The zero-order chi connectivity index (χ0) is 19.3. The van der Waals surface area contributed by atoms with Crippen molar-refractivity contribution >= 4 is 5.91 Å². The van der Waals surface area contributed by atoms with Crippen molar-refractivity contribution in [1.82, 2.24) is 14.5 Å². The number of hydrogen-bond donors (Lipinski definition) is 1.